The molecular weight excluding hydrogens is 207 g/mol. The van der Waals surface area contributed by atoms with E-state index in [1.54, 1.807) is 0 Å². The van der Waals surface area contributed by atoms with Gasteiger partial charge in [-0.05, 0) is 37.2 Å². The van der Waals surface area contributed by atoms with Gasteiger partial charge in [0.2, 0.25) is 0 Å². The van der Waals surface area contributed by atoms with Gasteiger partial charge in [-0.15, -0.1) is 0 Å². The molecule has 0 saturated heterocycles. The monoisotopic (exact) mass is 222 g/mol. The summed E-state index contributed by atoms with van der Waals surface area (Å²) in [4.78, 5) is 0. The zero-order valence-electron chi connectivity index (χ0n) is 8.63. The van der Waals surface area contributed by atoms with Gasteiger partial charge in [0.15, 0.2) is 0 Å². The Labute approximate surface area is 91.9 Å². The van der Waals surface area contributed by atoms with Crippen molar-refractivity contribution in [3.8, 4) is 0 Å². The second-order valence-corrected chi connectivity index (χ2v) is 4.42. The van der Waals surface area contributed by atoms with E-state index < -0.39 is 0 Å². The van der Waals surface area contributed by atoms with Crippen LogP contribution in [-0.4, -0.2) is 6.10 Å². The molecule has 1 fully saturated rings. The van der Waals surface area contributed by atoms with Crippen molar-refractivity contribution >= 4 is 8.69 Å². The lowest BCUT2D eigenvalue weighted by Crippen LogP contribution is -2.17. The Morgan fingerprint density at radius 2 is 1.73 bits per heavy atom. The van der Waals surface area contributed by atoms with Gasteiger partial charge in [0.05, 0.1) is 6.10 Å². The van der Waals surface area contributed by atoms with Crippen LogP contribution in [0.2, 0.25) is 0 Å². The molecule has 15 heavy (non-hydrogen) atoms. The number of hydrogen-bond acceptors (Lipinski definition) is 2. The standard InChI is InChI=1S/C12H15O2P/c13-15-14-12-8-6-11(7-9-12)10-4-2-1-3-5-10/h1-5,11-12H,6-9H2. The largest absolute Gasteiger partial charge is 0.327 e. The summed E-state index contributed by atoms with van der Waals surface area (Å²) in [6.45, 7) is 0. The van der Waals surface area contributed by atoms with Gasteiger partial charge in [-0.2, -0.15) is 0 Å². The average molecular weight is 222 g/mol. The molecule has 0 N–H and O–H groups in total. The Morgan fingerprint density at radius 1 is 1.07 bits per heavy atom. The molecule has 3 heteroatoms. The lowest BCUT2D eigenvalue weighted by Gasteiger charge is -2.26. The van der Waals surface area contributed by atoms with Gasteiger partial charge in [-0.25, -0.2) is 4.57 Å². The van der Waals surface area contributed by atoms with Crippen molar-refractivity contribution in [2.24, 2.45) is 0 Å². The van der Waals surface area contributed by atoms with Gasteiger partial charge in [0.1, 0.15) is 0 Å². The Morgan fingerprint density at radius 3 is 2.33 bits per heavy atom. The van der Waals surface area contributed by atoms with Crippen LogP contribution in [0.5, 0.6) is 0 Å². The van der Waals surface area contributed by atoms with E-state index in [1.807, 2.05) is 0 Å². The topological polar surface area (TPSA) is 26.3 Å². The van der Waals surface area contributed by atoms with Gasteiger partial charge in [-0.1, -0.05) is 30.3 Å². The summed E-state index contributed by atoms with van der Waals surface area (Å²) >= 11 is 0. The van der Waals surface area contributed by atoms with Crippen LogP contribution in [0.25, 0.3) is 0 Å². The van der Waals surface area contributed by atoms with Crippen molar-refractivity contribution < 1.29 is 9.09 Å². The third-order valence-electron chi connectivity index (χ3n) is 3.14. The Hall–Kier alpha value is -0.720. The fourth-order valence-electron chi connectivity index (χ4n) is 2.29. The number of hydrogen-bond donors (Lipinski definition) is 0. The normalized spacial score (nSPS) is 26.7. The smallest absolute Gasteiger partial charge is 0.291 e. The predicted octanol–water partition coefficient (Wildman–Crippen LogP) is 3.94. The van der Waals surface area contributed by atoms with Crippen molar-refractivity contribution in [1.82, 2.24) is 0 Å². The van der Waals surface area contributed by atoms with Gasteiger partial charge in [0, 0.05) is 0 Å². The molecule has 1 aliphatic rings. The molecule has 2 rings (SSSR count). The highest BCUT2D eigenvalue weighted by Crippen LogP contribution is 2.34. The second-order valence-electron chi connectivity index (χ2n) is 4.06. The molecule has 0 amide bonds. The van der Waals surface area contributed by atoms with E-state index in [-0.39, 0.29) is 14.8 Å². The van der Waals surface area contributed by atoms with Crippen LogP contribution in [0.1, 0.15) is 37.2 Å². The molecule has 1 saturated carbocycles. The van der Waals surface area contributed by atoms with Crippen molar-refractivity contribution in [1.29, 1.82) is 0 Å². The fraction of sp³-hybridized carbons (Fsp3) is 0.500. The van der Waals surface area contributed by atoms with Crippen LogP contribution in [-0.2, 0) is 9.09 Å². The zero-order valence-corrected chi connectivity index (χ0v) is 9.53. The van der Waals surface area contributed by atoms with Crippen LogP contribution < -0.4 is 0 Å². The molecule has 0 atom stereocenters. The van der Waals surface area contributed by atoms with Gasteiger partial charge in [0.25, 0.3) is 0 Å². The van der Waals surface area contributed by atoms with E-state index in [1.165, 1.54) is 5.56 Å². The highest BCUT2D eigenvalue weighted by Gasteiger charge is 2.22. The minimum Gasteiger partial charge on any atom is -0.291 e. The Kier molecular flexibility index (Phi) is 3.87. The maximum atomic E-state index is 10.3. The van der Waals surface area contributed by atoms with Crippen molar-refractivity contribution in [2.75, 3.05) is 0 Å². The fourth-order valence-corrected chi connectivity index (χ4v) is 2.62. The van der Waals surface area contributed by atoms with E-state index in [0.717, 1.165) is 25.7 Å². The summed E-state index contributed by atoms with van der Waals surface area (Å²) in [5.41, 5.74) is 1.43. The van der Waals surface area contributed by atoms with Crippen LogP contribution in [0.15, 0.2) is 30.3 Å². The summed E-state index contributed by atoms with van der Waals surface area (Å²) in [6, 6.07) is 10.6. The molecule has 0 heterocycles. The summed E-state index contributed by atoms with van der Waals surface area (Å²) < 4.78 is 15.4. The van der Waals surface area contributed by atoms with Crippen molar-refractivity contribution in [3.63, 3.8) is 0 Å². The maximum absolute atomic E-state index is 10.3. The van der Waals surface area contributed by atoms with E-state index >= 15 is 0 Å². The molecule has 0 spiro atoms. The Balaban J connectivity index is 1.91. The SMILES string of the molecule is O=POC1CCC(c2ccccc2)CC1. The third kappa shape index (κ3) is 2.87. The molecule has 2 nitrogen and oxygen atoms in total. The first-order valence-electron chi connectivity index (χ1n) is 5.43. The zero-order chi connectivity index (χ0) is 10.5. The molecule has 0 aliphatic heterocycles. The van der Waals surface area contributed by atoms with Crippen LogP contribution >= 0.6 is 8.69 Å². The van der Waals surface area contributed by atoms with E-state index in [2.05, 4.69) is 30.3 Å². The molecule has 0 aromatic heterocycles. The first-order chi connectivity index (χ1) is 7.40. The first kappa shape index (κ1) is 10.8. The lowest BCUT2D eigenvalue weighted by molar-refractivity contribution is 0.163. The second kappa shape index (κ2) is 5.39. The van der Waals surface area contributed by atoms with Crippen molar-refractivity contribution in [3.05, 3.63) is 35.9 Å². The predicted molar refractivity (Wildman–Crippen MR) is 60.1 cm³/mol. The number of benzene rings is 1. The van der Waals surface area contributed by atoms with Crippen LogP contribution in [0.4, 0.5) is 0 Å². The summed E-state index contributed by atoms with van der Waals surface area (Å²) in [7, 11) is -0.174. The highest BCUT2D eigenvalue weighted by atomic mass is 31.1. The maximum Gasteiger partial charge on any atom is 0.327 e. The van der Waals surface area contributed by atoms with Gasteiger partial charge in [-0.3, -0.25) is 4.52 Å². The van der Waals surface area contributed by atoms with E-state index in [4.69, 9.17) is 4.52 Å². The first-order valence-corrected chi connectivity index (χ1v) is 6.16. The van der Waals surface area contributed by atoms with Gasteiger partial charge >= 0.3 is 8.69 Å². The number of rotatable bonds is 3. The van der Waals surface area contributed by atoms with E-state index in [0.29, 0.717) is 5.92 Å². The Bertz CT molecular complexity index is 305. The quantitative estimate of drug-likeness (QED) is 0.724. The molecule has 1 aromatic carbocycles. The van der Waals surface area contributed by atoms with Crippen molar-refractivity contribution in [2.45, 2.75) is 37.7 Å². The molecule has 0 unspecified atom stereocenters. The molecule has 1 aromatic rings. The summed E-state index contributed by atoms with van der Waals surface area (Å²) in [5.74, 6) is 0.661. The molecule has 1 aliphatic carbocycles. The molecule has 0 bridgehead atoms. The van der Waals surface area contributed by atoms with Crippen LogP contribution in [0.3, 0.4) is 0 Å². The van der Waals surface area contributed by atoms with E-state index in [9.17, 15) is 4.57 Å². The molecular formula is C12H15O2P. The molecule has 80 valence electrons. The highest BCUT2D eigenvalue weighted by molar-refractivity contribution is 7.17. The molecule has 0 radical (unpaired) electrons. The third-order valence-corrected chi connectivity index (χ3v) is 3.52. The summed E-state index contributed by atoms with van der Waals surface area (Å²) in [5, 5.41) is 0. The average Bonchev–Trinajstić information content (AvgIpc) is 2.32. The van der Waals surface area contributed by atoms with Gasteiger partial charge < -0.3 is 0 Å². The minimum absolute atomic E-state index is 0.174. The summed E-state index contributed by atoms with van der Waals surface area (Å²) in [6.07, 6.45) is 4.53. The van der Waals surface area contributed by atoms with Crippen LogP contribution in [0, 0.1) is 0 Å². The minimum atomic E-state index is -0.174. The lowest BCUT2D eigenvalue weighted by atomic mass is 9.83.